The third-order valence-corrected chi connectivity index (χ3v) is 8.41. The maximum Gasteiger partial charge on any atom is 0.336 e. The summed E-state index contributed by atoms with van der Waals surface area (Å²) in [5.74, 6) is -0.423. The zero-order valence-corrected chi connectivity index (χ0v) is 22.9. The second kappa shape index (κ2) is 9.42. The number of imidazole rings is 1. The summed E-state index contributed by atoms with van der Waals surface area (Å²) in [4.78, 5) is 33.4. The number of ketones is 1. The van der Waals surface area contributed by atoms with E-state index in [1.165, 1.54) is 20.1 Å². The molecule has 5 rings (SSSR count). The minimum absolute atomic E-state index is 0.104. The number of carbonyl (C=O) groups is 2. The van der Waals surface area contributed by atoms with Crippen LogP contribution >= 0.6 is 0 Å². The van der Waals surface area contributed by atoms with Crippen molar-refractivity contribution in [3.63, 3.8) is 0 Å². The fourth-order valence-electron chi connectivity index (χ4n) is 4.54. The Kier molecular flexibility index (Phi) is 6.41. The lowest BCUT2D eigenvalue weighted by molar-refractivity contribution is 0.0696. The first kappa shape index (κ1) is 25.2. The van der Waals surface area contributed by atoms with Crippen LogP contribution in [-0.2, 0) is 11.5 Å². The molecule has 0 unspecified atom stereocenters. The van der Waals surface area contributed by atoms with Crippen molar-refractivity contribution >= 4 is 36.5 Å². The van der Waals surface area contributed by atoms with Gasteiger partial charge in [-0.25, -0.2) is 14.8 Å². The summed E-state index contributed by atoms with van der Waals surface area (Å²) in [6, 6.07) is 9.79. The quantitative estimate of drug-likeness (QED) is 0.168. The number of carboxylic acid groups (broad SMARTS) is 1. The number of hydrogen-bond donors (Lipinski definition) is 1. The maximum absolute atomic E-state index is 12.1. The molecule has 0 aliphatic heterocycles. The van der Waals surface area contributed by atoms with Gasteiger partial charge in [0.15, 0.2) is 11.7 Å². The number of aromatic nitrogens is 4. The normalized spacial score (nSPS) is 14.0. The number of pyridine rings is 2. The van der Waals surface area contributed by atoms with E-state index < -0.39 is 14.0 Å². The molecule has 37 heavy (non-hydrogen) atoms. The van der Waals surface area contributed by atoms with Crippen molar-refractivity contribution in [2.24, 2.45) is 0 Å². The van der Waals surface area contributed by atoms with Gasteiger partial charge in [0.25, 0.3) is 0 Å². The van der Waals surface area contributed by atoms with Crippen LogP contribution in [0, 0.1) is 0 Å². The number of nitrogens with zero attached hydrogens (tertiary/aromatic N) is 4. The number of fused-ring (bicyclic) bond motifs is 2. The number of Topliss-reactive ketones (excluding diaryl/α,β-unsaturated/α-hetero) is 1. The maximum atomic E-state index is 12.1. The van der Waals surface area contributed by atoms with Crippen LogP contribution in [0.25, 0.3) is 28.1 Å². The summed E-state index contributed by atoms with van der Waals surface area (Å²) >= 11 is 0. The number of carbonyl (C=O) groups excluding carboxylic acids is 1. The number of ether oxygens (including phenoxy) is 2. The first-order chi connectivity index (χ1) is 17.6. The molecular formula is C27H32N4O5Si. The first-order valence-corrected chi connectivity index (χ1v) is 16.2. The van der Waals surface area contributed by atoms with Crippen molar-refractivity contribution < 1.29 is 24.2 Å². The zero-order valence-electron chi connectivity index (χ0n) is 21.9. The summed E-state index contributed by atoms with van der Waals surface area (Å²) in [6.07, 6.45) is 2.04. The minimum atomic E-state index is -1.27. The molecular weight excluding hydrogens is 488 g/mol. The largest absolute Gasteiger partial charge is 0.482 e. The highest BCUT2D eigenvalue weighted by Gasteiger charge is 2.34. The summed E-state index contributed by atoms with van der Waals surface area (Å²) in [5, 5.41) is 10.5. The molecule has 0 bridgehead atoms. The number of methoxy groups -OCH3 is 1. The number of aromatic carboxylic acids is 1. The van der Waals surface area contributed by atoms with Crippen LogP contribution in [0.2, 0.25) is 25.7 Å². The van der Waals surface area contributed by atoms with Crippen LogP contribution in [0.1, 0.15) is 52.2 Å². The van der Waals surface area contributed by atoms with Crippen LogP contribution in [0.15, 0.2) is 30.3 Å². The highest BCUT2D eigenvalue weighted by atomic mass is 28.3. The number of rotatable bonds is 10. The molecule has 4 heterocycles. The van der Waals surface area contributed by atoms with Crippen LogP contribution in [0.3, 0.4) is 0 Å². The Morgan fingerprint density at radius 3 is 2.51 bits per heavy atom. The van der Waals surface area contributed by atoms with Gasteiger partial charge in [-0.2, -0.15) is 0 Å². The molecule has 1 aliphatic rings. The van der Waals surface area contributed by atoms with Gasteiger partial charge in [-0.05, 0) is 43.2 Å². The topological polar surface area (TPSA) is 108 Å². The van der Waals surface area contributed by atoms with Crippen LogP contribution in [-0.4, -0.2) is 57.6 Å². The average molecular weight is 521 g/mol. The third kappa shape index (κ3) is 4.91. The molecule has 0 aromatic carbocycles. The molecule has 4 aromatic rings. The van der Waals surface area contributed by atoms with Gasteiger partial charge in [-0.3, -0.25) is 13.8 Å². The van der Waals surface area contributed by atoms with Crippen molar-refractivity contribution in [3.05, 3.63) is 47.3 Å². The summed E-state index contributed by atoms with van der Waals surface area (Å²) in [7, 11) is 0.266. The lowest BCUT2D eigenvalue weighted by Crippen LogP contribution is -2.22. The molecule has 0 spiro atoms. The van der Waals surface area contributed by atoms with E-state index in [4.69, 9.17) is 14.5 Å². The zero-order chi connectivity index (χ0) is 26.5. The molecule has 0 saturated heterocycles. The molecule has 194 valence electrons. The van der Waals surface area contributed by atoms with Gasteiger partial charge in [-0.1, -0.05) is 19.6 Å². The standard InChI is InChI=1S/C27H32N4O5Si/c1-16(32)20-9-8-18-12-21(30(26(18)28-20)15-36-10-11-37(3,4)5)24-25(17-6-7-17)31-22(29-24)13-19(27(33)34)14-23(31)35-2/h8-9,12-14,17H,6-7,10-11,15H2,1-5H3,(H,33,34). The molecule has 1 saturated carbocycles. The second-order valence-corrected chi connectivity index (χ2v) is 16.5. The molecule has 1 N–H and O–H groups in total. The van der Waals surface area contributed by atoms with E-state index in [0.717, 1.165) is 41.4 Å². The summed E-state index contributed by atoms with van der Waals surface area (Å²) in [5.41, 5.74) is 4.24. The molecule has 0 amide bonds. The van der Waals surface area contributed by atoms with E-state index in [2.05, 4.69) is 24.6 Å². The van der Waals surface area contributed by atoms with E-state index in [1.54, 1.807) is 12.1 Å². The highest BCUT2D eigenvalue weighted by Crippen LogP contribution is 2.46. The monoisotopic (exact) mass is 520 g/mol. The average Bonchev–Trinajstić information content (AvgIpc) is 3.51. The van der Waals surface area contributed by atoms with Gasteiger partial charge >= 0.3 is 5.97 Å². The lowest BCUT2D eigenvalue weighted by Gasteiger charge is -2.17. The Labute approximate surface area is 216 Å². The van der Waals surface area contributed by atoms with Gasteiger partial charge < -0.3 is 14.6 Å². The Morgan fingerprint density at radius 2 is 1.89 bits per heavy atom. The molecule has 9 nitrogen and oxygen atoms in total. The van der Waals surface area contributed by atoms with E-state index in [-0.39, 0.29) is 24.0 Å². The predicted molar refractivity (Wildman–Crippen MR) is 144 cm³/mol. The highest BCUT2D eigenvalue weighted by molar-refractivity contribution is 6.76. The van der Waals surface area contributed by atoms with Crippen LogP contribution < -0.4 is 4.74 Å². The van der Waals surface area contributed by atoms with Gasteiger partial charge in [-0.15, -0.1) is 0 Å². The van der Waals surface area contributed by atoms with Gasteiger partial charge in [0, 0.05) is 39.0 Å². The molecule has 0 radical (unpaired) electrons. The van der Waals surface area contributed by atoms with E-state index in [0.29, 0.717) is 29.5 Å². The minimum Gasteiger partial charge on any atom is -0.482 e. The number of carboxylic acids is 1. The Morgan fingerprint density at radius 1 is 1.14 bits per heavy atom. The Balaban J connectivity index is 1.70. The lowest BCUT2D eigenvalue weighted by atomic mass is 10.1. The molecule has 1 aliphatic carbocycles. The molecule has 1 fully saturated rings. The SMILES string of the molecule is COc1cc(C(=O)O)cc2nc(-c3cc4ccc(C(C)=O)nc4n3COCC[Si](C)(C)C)c(C3CC3)n12. The van der Waals surface area contributed by atoms with Gasteiger partial charge in [0.1, 0.15) is 29.4 Å². The Bertz CT molecular complexity index is 1530. The third-order valence-electron chi connectivity index (χ3n) is 6.71. The molecule has 0 atom stereocenters. The number of hydrogen-bond acceptors (Lipinski definition) is 6. The van der Waals surface area contributed by atoms with E-state index in [9.17, 15) is 14.7 Å². The summed E-state index contributed by atoms with van der Waals surface area (Å²) < 4.78 is 15.7. The van der Waals surface area contributed by atoms with E-state index >= 15 is 0 Å². The fraction of sp³-hybridized carbons (Fsp3) is 0.407. The predicted octanol–water partition coefficient (Wildman–Crippen LogP) is 5.45. The van der Waals surface area contributed by atoms with Crippen molar-refractivity contribution in [2.75, 3.05) is 13.7 Å². The Hall–Kier alpha value is -3.50. The van der Waals surface area contributed by atoms with Crippen molar-refractivity contribution in [2.45, 2.75) is 58.1 Å². The van der Waals surface area contributed by atoms with Gasteiger partial charge in [0.2, 0.25) is 0 Å². The van der Waals surface area contributed by atoms with Crippen molar-refractivity contribution in [1.82, 2.24) is 18.9 Å². The second-order valence-electron chi connectivity index (χ2n) is 10.9. The summed E-state index contributed by atoms with van der Waals surface area (Å²) in [6.45, 7) is 9.35. The smallest absolute Gasteiger partial charge is 0.336 e. The van der Waals surface area contributed by atoms with E-state index in [1.807, 2.05) is 21.1 Å². The van der Waals surface area contributed by atoms with Crippen molar-refractivity contribution in [3.8, 4) is 17.3 Å². The molecule has 4 aromatic heterocycles. The molecule has 10 heteroatoms. The van der Waals surface area contributed by atoms with Crippen LogP contribution in [0.5, 0.6) is 5.88 Å². The van der Waals surface area contributed by atoms with Crippen molar-refractivity contribution in [1.29, 1.82) is 0 Å². The van der Waals surface area contributed by atoms with Crippen LogP contribution in [0.4, 0.5) is 0 Å². The fourth-order valence-corrected chi connectivity index (χ4v) is 5.29. The first-order valence-electron chi connectivity index (χ1n) is 12.5. The van der Waals surface area contributed by atoms with Gasteiger partial charge in [0.05, 0.1) is 24.1 Å².